The fourth-order valence-electron chi connectivity index (χ4n) is 10.4. The maximum atomic E-state index is 12.2. The summed E-state index contributed by atoms with van der Waals surface area (Å²) in [5, 5.41) is 50.9. The van der Waals surface area contributed by atoms with Crippen LogP contribution in [0.15, 0.2) is 43.4 Å². The number of nitrogens with zero attached hydrogens (tertiary/aromatic N) is 4. The largest absolute Gasteiger partial charge is 1.00 e. The Kier molecular flexibility index (Phi) is 43.1. The third-order valence-electron chi connectivity index (χ3n) is 14.7. The van der Waals surface area contributed by atoms with E-state index >= 15 is 0 Å². The van der Waals surface area contributed by atoms with Gasteiger partial charge in [0.05, 0.1) is 70.5 Å². The van der Waals surface area contributed by atoms with Crippen molar-refractivity contribution < 1.29 is 375 Å². The predicted octanol–water partition coefficient (Wildman–Crippen LogP) is -12.3. The van der Waals surface area contributed by atoms with Crippen LogP contribution in [0.3, 0.4) is 0 Å². The third-order valence-corrected chi connectivity index (χ3v) is 14.9. The molecule has 12 heterocycles. The summed E-state index contributed by atoms with van der Waals surface area (Å²) in [5.74, 6) is -5.39. The van der Waals surface area contributed by atoms with E-state index in [1.54, 1.807) is 52.8 Å². The number of ether oxygens (including phenoxy) is 7. The van der Waals surface area contributed by atoms with Crippen LogP contribution in [0.25, 0.3) is 45.6 Å². The van der Waals surface area contributed by atoms with Crippen molar-refractivity contribution in [3.63, 3.8) is 0 Å². The minimum absolute atomic E-state index is 0. The van der Waals surface area contributed by atoms with E-state index in [0.717, 1.165) is 21.3 Å². The van der Waals surface area contributed by atoms with Crippen LogP contribution in [0.5, 0.6) is 46.0 Å². The molecule has 0 radical (unpaired) electrons. The average molecular weight is 1810 g/mol. The molecule has 32 nitrogen and oxygen atoms in total. The molecular formula is C62H59ClILiN8O24Rb4-4. The Morgan fingerprint density at radius 2 is 0.663 bits per heavy atom. The van der Waals surface area contributed by atoms with Crippen LogP contribution in [0.2, 0.25) is 5.15 Å². The summed E-state index contributed by atoms with van der Waals surface area (Å²) >= 11 is 5.87. The van der Waals surface area contributed by atoms with Crippen molar-refractivity contribution in [3.8, 4) is 91.5 Å². The molecule has 13 N–H and O–H groups in total. The minimum Gasteiger partial charge on any atom is -1.00 e. The molecule has 4 aliphatic rings. The number of nitrogens with one attached hydrogen (secondary N) is 4. The summed E-state index contributed by atoms with van der Waals surface area (Å²) in [5.41, 5.74) is 0.888. The van der Waals surface area contributed by atoms with Crippen LogP contribution in [0.4, 0.5) is 0 Å². The van der Waals surface area contributed by atoms with E-state index in [1.807, 2.05) is 13.8 Å². The Labute approximate surface area is 804 Å². The number of carbonyl (C=O) groups is 4. The zero-order chi connectivity index (χ0) is 66.2. The molecule has 0 amide bonds. The first-order chi connectivity index (χ1) is 43.2. The van der Waals surface area contributed by atoms with Crippen LogP contribution < -0.4 is 317 Å². The molecule has 4 atom stereocenters. The Bertz CT molecular complexity index is 4270. The van der Waals surface area contributed by atoms with Gasteiger partial charge in [-0.15, -0.1) is 0 Å². The average Bonchev–Trinajstić information content (AvgIpc) is 1.78. The van der Waals surface area contributed by atoms with Gasteiger partial charge in [-0.2, -0.15) is 24.3 Å². The summed E-state index contributed by atoms with van der Waals surface area (Å²) in [4.78, 5) is 123. The van der Waals surface area contributed by atoms with Crippen molar-refractivity contribution in [1.82, 2.24) is 39.9 Å². The molecule has 0 bridgehead atoms. The number of rotatable bonds is 4. The first kappa shape index (κ1) is 100. The van der Waals surface area contributed by atoms with Crippen molar-refractivity contribution in [3.05, 3.63) is 157 Å². The van der Waals surface area contributed by atoms with Gasteiger partial charge in [-0.25, -0.2) is 43.4 Å². The number of halogens is 2. The van der Waals surface area contributed by atoms with E-state index in [2.05, 4.69) is 78.3 Å². The molecule has 0 spiro atoms. The van der Waals surface area contributed by atoms with Crippen LogP contribution >= 0.6 is 11.6 Å². The van der Waals surface area contributed by atoms with Crippen molar-refractivity contribution >= 4 is 35.5 Å². The van der Waals surface area contributed by atoms with Crippen molar-refractivity contribution in [2.45, 2.75) is 72.1 Å². The molecule has 4 aliphatic heterocycles. The number of hydrogen-bond acceptors (Lipinski definition) is 27. The van der Waals surface area contributed by atoms with Gasteiger partial charge >= 0.3 is 275 Å². The summed E-state index contributed by atoms with van der Waals surface area (Å²) < 4.78 is 36.3. The molecule has 0 fully saturated rings. The molecule has 0 saturated heterocycles. The van der Waals surface area contributed by atoms with Crippen molar-refractivity contribution in [2.24, 2.45) is 0 Å². The first-order valence-corrected chi connectivity index (χ1v) is 27.8. The second kappa shape index (κ2) is 43.4. The van der Waals surface area contributed by atoms with E-state index in [-0.39, 0.29) is 370 Å². The van der Waals surface area contributed by atoms with E-state index in [4.69, 9.17) is 35.7 Å². The predicted molar refractivity (Wildman–Crippen MR) is 327 cm³/mol. The van der Waals surface area contributed by atoms with Gasteiger partial charge < -0.3 is 125 Å². The van der Waals surface area contributed by atoms with Crippen LogP contribution in [0.1, 0.15) is 132 Å². The van der Waals surface area contributed by atoms with Gasteiger partial charge in [0.1, 0.15) is 23.0 Å². The quantitative estimate of drug-likeness (QED) is 0.0197. The minimum atomic E-state index is -1.48. The molecule has 8 aromatic rings. The number of carboxylic acids is 1. The number of esters is 3. The van der Waals surface area contributed by atoms with Gasteiger partial charge in [-0.1, -0.05) is 56.4 Å². The zero-order valence-electron chi connectivity index (χ0n) is 57.1. The van der Waals surface area contributed by atoms with Crippen molar-refractivity contribution in [2.75, 3.05) is 47.8 Å². The van der Waals surface area contributed by atoms with E-state index in [9.17, 15) is 58.8 Å². The SMILES string of the molecule is COC(=O)c1c(O)c2c([nH]c1=O)-c1nc(C)[c-]cc1OCC2C.COC(=O)c1c(O)c2c([nH]c1=O)-c1nc(C)[c-]cc1OCC2C.COC(=O)c1c(O)c2c([nH]c1=O)-c1nc(Cl)[c-]cc1OCC2C.Cc1[c-]cc2c(n1)-c1[nH]c(=O)c(C(=O)O)c(O)c1C(C)CO2.[I-].[Li+].[OH-].[OH-].[OH-].[OH-].[Rb+].[Rb+].[Rb+].[Rb+]. The van der Waals surface area contributed by atoms with Gasteiger partial charge in [0.2, 0.25) is 0 Å². The Hall–Kier alpha value is -2.64. The molecule has 0 aliphatic carbocycles. The molecule has 514 valence electrons. The zero-order valence-corrected chi connectivity index (χ0v) is 79.7. The van der Waals surface area contributed by atoms with Crippen LogP contribution in [0, 0.1) is 45.0 Å². The maximum Gasteiger partial charge on any atom is 1.00 e. The number of aromatic hydroxyl groups is 4. The Morgan fingerprint density at radius 3 is 0.901 bits per heavy atom. The Balaban J connectivity index is 0. The van der Waals surface area contributed by atoms with Gasteiger partial charge in [-0.3, -0.25) is 39.1 Å². The fourth-order valence-corrected chi connectivity index (χ4v) is 10.5. The molecule has 101 heavy (non-hydrogen) atoms. The third kappa shape index (κ3) is 21.4. The monoisotopic (exact) mass is 1810 g/mol. The number of aromatic nitrogens is 8. The number of aryl methyl sites for hydroxylation is 3. The second-order valence-electron chi connectivity index (χ2n) is 21.0. The number of methoxy groups -OCH3 is 3. The molecular weight excluding hydrogens is 1750 g/mol. The van der Waals surface area contributed by atoms with Gasteiger partial charge in [0.15, 0.2) is 22.3 Å². The maximum absolute atomic E-state index is 12.2. The number of carbonyl (C=O) groups excluding carboxylic acids is 3. The topological polar surface area (TPSA) is 537 Å². The van der Waals surface area contributed by atoms with Gasteiger partial charge in [0, 0.05) is 73.9 Å². The second-order valence-corrected chi connectivity index (χ2v) is 21.4. The summed E-state index contributed by atoms with van der Waals surface area (Å²) in [6, 6.07) is 17.9. The summed E-state index contributed by atoms with van der Waals surface area (Å²) in [6.45, 7) is 13.4. The van der Waals surface area contributed by atoms with Gasteiger partial charge in [-0.05, 0) is 43.8 Å². The fraction of sp³-hybridized carbons (Fsp3) is 0.290. The standard InChI is InChI=1S/2C16H15N2O5.C15H12ClN2O5.C15H13N2O5.HI.Li.4H2O.4Rb/c2*1-7-6-23-9-5-4-8(2)17-12(9)13-10(7)14(19)11(15(20)18-13)16(21)22-3;1-6-5-23-7-3-4-8(16)17-11(7)12-9(6)13(19)10(14(20)18-12)15(21)22-2;1-6-5-22-8-4-3-7(2)16-11(8)12-9(6)13(18)10(15(20)21)14(19)17-12;;;;;;;;;;/h2*5,7H,6H2,1-3H3,(H2,18,19,20);3,6H,5H2,1-2H3,(H2,18,19,20);4,6H,5H2,1-2H3,(H,20,21)(H2,17,18,19);1H;;4*1H2;;;;/q4*-1;;+1;;;;;4*+1/p-5. The molecule has 39 heteroatoms. The van der Waals surface area contributed by atoms with Crippen molar-refractivity contribution in [1.29, 1.82) is 0 Å². The molecule has 12 rings (SSSR count). The number of pyridine rings is 8. The Morgan fingerprint density at radius 1 is 0.446 bits per heavy atom. The molecule has 0 saturated carbocycles. The van der Waals surface area contributed by atoms with E-state index in [0.29, 0.717) is 90.8 Å². The summed E-state index contributed by atoms with van der Waals surface area (Å²) in [7, 11) is 3.43. The van der Waals surface area contributed by atoms with E-state index in [1.165, 1.54) is 6.07 Å². The number of H-pyrrole nitrogens is 4. The number of aromatic carboxylic acids is 1. The number of aromatic amines is 4. The number of fused-ring (bicyclic) bond motifs is 12. The normalized spacial score (nSPS) is 14.4. The number of hydrogen-bond donors (Lipinski definition) is 9. The number of carboxylic acid groups (broad SMARTS) is 1. The molecule has 4 unspecified atom stereocenters. The van der Waals surface area contributed by atoms with Gasteiger partial charge in [0.25, 0.3) is 22.2 Å². The van der Waals surface area contributed by atoms with Crippen LogP contribution in [-0.2, 0) is 14.2 Å². The molecule has 8 aromatic heterocycles. The summed E-state index contributed by atoms with van der Waals surface area (Å²) in [6.07, 6.45) is 0. The van der Waals surface area contributed by atoms with E-state index < -0.39 is 91.4 Å². The van der Waals surface area contributed by atoms with Crippen LogP contribution in [-0.4, -0.2) is 159 Å². The smallest absolute Gasteiger partial charge is 1.00 e. The molecule has 0 aromatic carbocycles. The first-order valence-electron chi connectivity index (χ1n) is 27.4.